The quantitative estimate of drug-likeness (QED) is 0.797. The van der Waals surface area contributed by atoms with E-state index in [9.17, 15) is 4.79 Å². The highest BCUT2D eigenvalue weighted by molar-refractivity contribution is 5.76. The van der Waals surface area contributed by atoms with Gasteiger partial charge in [-0.05, 0) is 39.2 Å². The molecule has 0 spiro atoms. The van der Waals surface area contributed by atoms with Crippen LogP contribution in [0.5, 0.6) is 0 Å². The molecular weight excluding hydrogens is 214 g/mol. The fourth-order valence-corrected chi connectivity index (χ4v) is 1.82. The van der Waals surface area contributed by atoms with Crippen LogP contribution in [0.1, 0.15) is 6.42 Å². The molecule has 0 aliphatic rings. The van der Waals surface area contributed by atoms with Gasteiger partial charge in [0.05, 0.1) is 17.2 Å². The maximum atomic E-state index is 12.1. The number of rotatable bonds is 4. The maximum Gasteiger partial charge on any atom is 0.261 e. The molecule has 1 aromatic heterocycles. The first-order valence-electron chi connectivity index (χ1n) is 5.77. The predicted octanol–water partition coefficient (Wildman–Crippen LogP) is 1.35. The Morgan fingerprint density at radius 2 is 2.06 bits per heavy atom. The molecule has 0 N–H and O–H groups in total. The number of hydrogen-bond acceptors (Lipinski definition) is 3. The van der Waals surface area contributed by atoms with Gasteiger partial charge in [-0.15, -0.1) is 0 Å². The predicted molar refractivity (Wildman–Crippen MR) is 69.2 cm³/mol. The fourth-order valence-electron chi connectivity index (χ4n) is 1.82. The van der Waals surface area contributed by atoms with Gasteiger partial charge in [0, 0.05) is 6.54 Å². The van der Waals surface area contributed by atoms with Crippen molar-refractivity contribution in [3.8, 4) is 0 Å². The van der Waals surface area contributed by atoms with E-state index in [1.165, 1.54) is 0 Å². The van der Waals surface area contributed by atoms with Crippen molar-refractivity contribution in [2.75, 3.05) is 20.6 Å². The minimum absolute atomic E-state index is 0.0503. The molecule has 0 amide bonds. The van der Waals surface area contributed by atoms with Gasteiger partial charge >= 0.3 is 0 Å². The van der Waals surface area contributed by atoms with Crippen LogP contribution < -0.4 is 5.56 Å². The summed E-state index contributed by atoms with van der Waals surface area (Å²) >= 11 is 0. The molecule has 0 aliphatic heterocycles. The third kappa shape index (κ3) is 2.71. The van der Waals surface area contributed by atoms with E-state index in [2.05, 4.69) is 9.88 Å². The zero-order chi connectivity index (χ0) is 12.3. The zero-order valence-electron chi connectivity index (χ0n) is 10.3. The molecule has 0 radical (unpaired) electrons. The first kappa shape index (κ1) is 11.8. The van der Waals surface area contributed by atoms with Crippen molar-refractivity contribution in [3.63, 3.8) is 0 Å². The molecule has 90 valence electrons. The summed E-state index contributed by atoms with van der Waals surface area (Å²) < 4.78 is 1.69. The number of para-hydroxylation sites is 1. The number of benzene rings is 1. The van der Waals surface area contributed by atoms with E-state index >= 15 is 0 Å². The van der Waals surface area contributed by atoms with E-state index in [0.29, 0.717) is 5.39 Å². The Morgan fingerprint density at radius 1 is 1.29 bits per heavy atom. The SMILES string of the molecule is CN(C)CCCn1cnc2ccccc2c1=O. The largest absolute Gasteiger partial charge is 0.309 e. The average Bonchev–Trinajstić information content (AvgIpc) is 2.32. The zero-order valence-corrected chi connectivity index (χ0v) is 10.3. The van der Waals surface area contributed by atoms with Gasteiger partial charge in [-0.1, -0.05) is 12.1 Å². The molecule has 0 saturated carbocycles. The summed E-state index contributed by atoms with van der Waals surface area (Å²) in [5.41, 5.74) is 0.815. The van der Waals surface area contributed by atoms with Crippen LogP contribution in [0.15, 0.2) is 35.4 Å². The molecule has 0 unspecified atom stereocenters. The van der Waals surface area contributed by atoms with E-state index in [1.807, 2.05) is 38.4 Å². The van der Waals surface area contributed by atoms with Crippen molar-refractivity contribution < 1.29 is 0 Å². The standard InChI is InChI=1S/C13H17N3O/c1-15(2)8-5-9-16-10-14-12-7-4-3-6-11(12)13(16)17/h3-4,6-7,10H,5,8-9H2,1-2H3. The Kier molecular flexibility index (Phi) is 3.54. The molecule has 0 fully saturated rings. The third-order valence-corrected chi connectivity index (χ3v) is 2.74. The van der Waals surface area contributed by atoms with E-state index in [-0.39, 0.29) is 5.56 Å². The first-order chi connectivity index (χ1) is 8.18. The van der Waals surface area contributed by atoms with E-state index in [4.69, 9.17) is 0 Å². The summed E-state index contributed by atoms with van der Waals surface area (Å²) in [7, 11) is 4.06. The van der Waals surface area contributed by atoms with E-state index < -0.39 is 0 Å². The van der Waals surface area contributed by atoms with Crippen LogP contribution >= 0.6 is 0 Å². The monoisotopic (exact) mass is 231 g/mol. The lowest BCUT2D eigenvalue weighted by Crippen LogP contribution is -2.23. The van der Waals surface area contributed by atoms with Gasteiger partial charge in [0.2, 0.25) is 0 Å². The van der Waals surface area contributed by atoms with E-state index in [0.717, 1.165) is 25.0 Å². The lowest BCUT2D eigenvalue weighted by Gasteiger charge is -2.10. The molecule has 17 heavy (non-hydrogen) atoms. The second-order valence-corrected chi connectivity index (χ2v) is 4.42. The van der Waals surface area contributed by atoms with Gasteiger partial charge < -0.3 is 4.90 Å². The Morgan fingerprint density at radius 3 is 2.82 bits per heavy atom. The fraction of sp³-hybridized carbons (Fsp3) is 0.385. The topological polar surface area (TPSA) is 38.1 Å². The highest BCUT2D eigenvalue weighted by atomic mass is 16.1. The van der Waals surface area contributed by atoms with Gasteiger partial charge in [-0.3, -0.25) is 9.36 Å². The second-order valence-electron chi connectivity index (χ2n) is 4.42. The van der Waals surface area contributed by atoms with Crippen molar-refractivity contribution in [2.24, 2.45) is 0 Å². The van der Waals surface area contributed by atoms with Crippen molar-refractivity contribution in [1.82, 2.24) is 14.5 Å². The van der Waals surface area contributed by atoms with Crippen molar-refractivity contribution in [3.05, 3.63) is 40.9 Å². The van der Waals surface area contributed by atoms with Crippen LogP contribution in [-0.2, 0) is 6.54 Å². The summed E-state index contributed by atoms with van der Waals surface area (Å²) in [4.78, 5) is 18.5. The number of aromatic nitrogens is 2. The number of hydrogen-bond donors (Lipinski definition) is 0. The summed E-state index contributed by atoms with van der Waals surface area (Å²) in [6.07, 6.45) is 2.59. The Balaban J connectivity index is 2.24. The van der Waals surface area contributed by atoms with Gasteiger partial charge in [0.1, 0.15) is 0 Å². The van der Waals surface area contributed by atoms with Crippen molar-refractivity contribution in [1.29, 1.82) is 0 Å². The Hall–Kier alpha value is -1.68. The maximum absolute atomic E-state index is 12.1. The molecule has 4 nitrogen and oxygen atoms in total. The normalized spacial score (nSPS) is 11.2. The van der Waals surface area contributed by atoms with Crippen molar-refractivity contribution >= 4 is 10.9 Å². The van der Waals surface area contributed by atoms with E-state index in [1.54, 1.807) is 10.9 Å². The third-order valence-electron chi connectivity index (χ3n) is 2.74. The molecule has 2 aromatic rings. The summed E-state index contributed by atoms with van der Waals surface area (Å²) in [6.45, 7) is 1.69. The highest BCUT2D eigenvalue weighted by Gasteiger charge is 2.02. The number of fused-ring (bicyclic) bond motifs is 1. The van der Waals surface area contributed by atoms with Crippen LogP contribution in [0, 0.1) is 0 Å². The van der Waals surface area contributed by atoms with Gasteiger partial charge in [-0.2, -0.15) is 0 Å². The summed E-state index contributed by atoms with van der Waals surface area (Å²) in [6, 6.07) is 7.45. The molecule has 2 rings (SSSR count). The van der Waals surface area contributed by atoms with Gasteiger partial charge in [0.15, 0.2) is 0 Å². The highest BCUT2D eigenvalue weighted by Crippen LogP contribution is 2.04. The minimum atomic E-state index is 0.0503. The Bertz CT molecular complexity index is 560. The molecule has 0 saturated heterocycles. The lowest BCUT2D eigenvalue weighted by molar-refractivity contribution is 0.384. The molecule has 0 bridgehead atoms. The number of aryl methyl sites for hydroxylation is 1. The lowest BCUT2D eigenvalue weighted by atomic mass is 10.2. The minimum Gasteiger partial charge on any atom is -0.309 e. The first-order valence-corrected chi connectivity index (χ1v) is 5.77. The summed E-state index contributed by atoms with van der Waals surface area (Å²) in [5.74, 6) is 0. The molecule has 1 heterocycles. The molecule has 0 aliphatic carbocycles. The molecule has 1 aromatic carbocycles. The van der Waals surface area contributed by atoms with Gasteiger partial charge in [0.25, 0.3) is 5.56 Å². The Labute approximate surface area is 101 Å². The van der Waals surface area contributed by atoms with Crippen molar-refractivity contribution in [2.45, 2.75) is 13.0 Å². The van der Waals surface area contributed by atoms with Crippen LogP contribution in [0.25, 0.3) is 10.9 Å². The van der Waals surface area contributed by atoms with Gasteiger partial charge in [-0.25, -0.2) is 4.98 Å². The number of nitrogens with zero attached hydrogens (tertiary/aromatic N) is 3. The molecule has 4 heteroatoms. The second kappa shape index (κ2) is 5.10. The van der Waals surface area contributed by atoms with Crippen LogP contribution in [0.3, 0.4) is 0 Å². The average molecular weight is 231 g/mol. The van der Waals surface area contributed by atoms with Crippen LogP contribution in [0.2, 0.25) is 0 Å². The van der Waals surface area contributed by atoms with Crippen LogP contribution in [0.4, 0.5) is 0 Å². The van der Waals surface area contributed by atoms with Crippen LogP contribution in [-0.4, -0.2) is 35.1 Å². The molecular formula is C13H17N3O. The molecule has 0 atom stereocenters. The smallest absolute Gasteiger partial charge is 0.261 e. The summed E-state index contributed by atoms with van der Waals surface area (Å²) in [5, 5.41) is 0.694.